The van der Waals surface area contributed by atoms with Crippen molar-refractivity contribution in [1.29, 1.82) is 0 Å². The fraction of sp³-hybridized carbons (Fsp3) is 0. The van der Waals surface area contributed by atoms with Crippen LogP contribution in [0.3, 0.4) is 0 Å². The fourth-order valence-electron chi connectivity index (χ4n) is 7.97. The van der Waals surface area contributed by atoms with E-state index >= 15 is 0 Å². The summed E-state index contributed by atoms with van der Waals surface area (Å²) >= 11 is 0. The lowest BCUT2D eigenvalue weighted by molar-refractivity contribution is 1.28. The first-order chi connectivity index (χ1) is 26.3. The minimum atomic E-state index is 1.11. The predicted molar refractivity (Wildman–Crippen MR) is 227 cm³/mol. The third-order valence-corrected chi connectivity index (χ3v) is 10.6. The van der Waals surface area contributed by atoms with Crippen molar-refractivity contribution >= 4 is 60.2 Å². The van der Waals surface area contributed by atoms with Crippen LogP contribution in [-0.4, -0.2) is 0 Å². The number of anilines is 3. The smallest absolute Gasteiger partial charge is 0.0467 e. The number of rotatable bonds is 6. The lowest BCUT2D eigenvalue weighted by Gasteiger charge is -2.26. The second kappa shape index (κ2) is 13.0. The van der Waals surface area contributed by atoms with Crippen LogP contribution in [0.1, 0.15) is 0 Å². The van der Waals surface area contributed by atoms with Crippen molar-refractivity contribution in [3.05, 3.63) is 212 Å². The summed E-state index contributed by atoms with van der Waals surface area (Å²) in [6.07, 6.45) is 0. The molecule has 10 rings (SSSR count). The highest BCUT2D eigenvalue weighted by Gasteiger charge is 2.15. The molecule has 1 nitrogen and oxygen atoms in total. The topological polar surface area (TPSA) is 3.24 Å². The van der Waals surface area contributed by atoms with E-state index in [9.17, 15) is 0 Å². The van der Waals surface area contributed by atoms with Crippen LogP contribution in [0, 0.1) is 0 Å². The molecule has 0 aliphatic carbocycles. The largest absolute Gasteiger partial charge is 0.310 e. The molecule has 0 unspecified atom stereocenters. The van der Waals surface area contributed by atoms with E-state index in [2.05, 4.69) is 217 Å². The standard InChI is InChI=1S/C52H35N/c1-2-10-36(11-3-1)37-22-28-44(29-23-37)53(46-16-8-15-43(34-46)49-19-9-14-39-12-4-6-17-47(39)49)45-30-24-38(25-31-45)42-21-20-41-27-32-50-48-18-7-5-13-40(48)26-33-51(50)52(41)35-42/h1-35H. The Morgan fingerprint density at radius 2 is 0.717 bits per heavy atom. The van der Waals surface area contributed by atoms with Gasteiger partial charge in [0.1, 0.15) is 0 Å². The van der Waals surface area contributed by atoms with Gasteiger partial charge in [0.05, 0.1) is 0 Å². The Morgan fingerprint density at radius 3 is 1.45 bits per heavy atom. The normalized spacial score (nSPS) is 11.4. The SMILES string of the molecule is c1ccc(-c2ccc(N(c3ccc(-c4ccc5ccc6c7ccccc7ccc6c5c4)cc3)c3cccc(-c4cccc5ccccc45)c3)cc2)cc1. The molecule has 0 N–H and O–H groups in total. The van der Waals surface area contributed by atoms with Gasteiger partial charge in [0.25, 0.3) is 0 Å². The van der Waals surface area contributed by atoms with Crippen LogP contribution >= 0.6 is 0 Å². The minimum absolute atomic E-state index is 1.11. The molecule has 0 fully saturated rings. The lowest BCUT2D eigenvalue weighted by Crippen LogP contribution is -2.10. The van der Waals surface area contributed by atoms with Crippen molar-refractivity contribution in [2.75, 3.05) is 4.90 Å². The van der Waals surface area contributed by atoms with Gasteiger partial charge >= 0.3 is 0 Å². The molecule has 0 heterocycles. The van der Waals surface area contributed by atoms with E-state index in [0.717, 1.165) is 17.1 Å². The Balaban J connectivity index is 1.07. The first-order valence-corrected chi connectivity index (χ1v) is 18.3. The third-order valence-electron chi connectivity index (χ3n) is 10.6. The van der Waals surface area contributed by atoms with E-state index in [1.807, 2.05) is 0 Å². The van der Waals surface area contributed by atoms with Gasteiger partial charge in [-0.2, -0.15) is 0 Å². The molecular formula is C52H35N. The van der Waals surface area contributed by atoms with Crippen LogP contribution in [0.25, 0.3) is 76.5 Å². The zero-order chi connectivity index (χ0) is 35.1. The molecule has 53 heavy (non-hydrogen) atoms. The summed E-state index contributed by atoms with van der Waals surface area (Å²) in [7, 11) is 0. The zero-order valence-corrected chi connectivity index (χ0v) is 29.2. The Bertz CT molecular complexity index is 2920. The number of hydrogen-bond donors (Lipinski definition) is 0. The van der Waals surface area contributed by atoms with Crippen LogP contribution in [0.4, 0.5) is 17.1 Å². The number of nitrogens with zero attached hydrogens (tertiary/aromatic N) is 1. The monoisotopic (exact) mass is 673 g/mol. The number of hydrogen-bond acceptors (Lipinski definition) is 1. The van der Waals surface area contributed by atoms with Gasteiger partial charge < -0.3 is 4.90 Å². The summed E-state index contributed by atoms with van der Waals surface area (Å²) in [5.74, 6) is 0. The van der Waals surface area contributed by atoms with Crippen molar-refractivity contribution in [1.82, 2.24) is 0 Å². The zero-order valence-electron chi connectivity index (χ0n) is 29.2. The fourth-order valence-corrected chi connectivity index (χ4v) is 7.97. The van der Waals surface area contributed by atoms with Crippen LogP contribution in [0.15, 0.2) is 212 Å². The van der Waals surface area contributed by atoms with Crippen molar-refractivity contribution in [3.8, 4) is 33.4 Å². The summed E-state index contributed by atoms with van der Waals surface area (Å²) in [5, 5.41) is 10.2. The maximum absolute atomic E-state index is 2.37. The maximum atomic E-state index is 2.37. The van der Waals surface area contributed by atoms with Gasteiger partial charge in [-0.25, -0.2) is 0 Å². The molecule has 10 aromatic carbocycles. The van der Waals surface area contributed by atoms with Crippen molar-refractivity contribution < 1.29 is 0 Å². The van der Waals surface area contributed by atoms with Crippen molar-refractivity contribution in [2.24, 2.45) is 0 Å². The van der Waals surface area contributed by atoms with Gasteiger partial charge in [-0.3, -0.25) is 0 Å². The van der Waals surface area contributed by atoms with E-state index in [-0.39, 0.29) is 0 Å². The Kier molecular flexibility index (Phi) is 7.55. The van der Waals surface area contributed by atoms with Crippen molar-refractivity contribution in [2.45, 2.75) is 0 Å². The van der Waals surface area contributed by atoms with Gasteiger partial charge in [-0.15, -0.1) is 0 Å². The molecule has 0 aliphatic rings. The van der Waals surface area contributed by atoms with Gasteiger partial charge in [0, 0.05) is 17.1 Å². The number of fused-ring (bicyclic) bond motifs is 6. The second-order valence-electron chi connectivity index (χ2n) is 13.8. The Hall–Kier alpha value is -6.96. The Labute approximate surface area is 309 Å². The van der Waals surface area contributed by atoms with E-state index < -0.39 is 0 Å². The molecular weight excluding hydrogens is 639 g/mol. The van der Waals surface area contributed by atoms with Crippen LogP contribution in [0.5, 0.6) is 0 Å². The molecule has 0 aliphatic heterocycles. The summed E-state index contributed by atoms with van der Waals surface area (Å²) in [5.41, 5.74) is 10.6. The first-order valence-electron chi connectivity index (χ1n) is 18.3. The molecule has 0 aromatic heterocycles. The van der Waals surface area contributed by atoms with Crippen LogP contribution in [-0.2, 0) is 0 Å². The van der Waals surface area contributed by atoms with E-state index in [4.69, 9.17) is 0 Å². The highest BCUT2D eigenvalue weighted by molar-refractivity contribution is 6.17. The highest BCUT2D eigenvalue weighted by atomic mass is 15.1. The van der Waals surface area contributed by atoms with Gasteiger partial charge in [-0.1, -0.05) is 170 Å². The average molecular weight is 674 g/mol. The molecule has 1 heteroatoms. The molecule has 0 saturated heterocycles. The van der Waals surface area contributed by atoms with E-state index in [1.165, 1.54) is 76.5 Å². The molecule has 0 bridgehead atoms. The molecule has 0 spiro atoms. The molecule has 0 radical (unpaired) electrons. The highest BCUT2D eigenvalue weighted by Crippen LogP contribution is 2.40. The average Bonchev–Trinajstić information content (AvgIpc) is 3.24. The maximum Gasteiger partial charge on any atom is 0.0467 e. The molecule has 0 saturated carbocycles. The third kappa shape index (κ3) is 5.60. The lowest BCUT2D eigenvalue weighted by atomic mass is 9.94. The van der Waals surface area contributed by atoms with Crippen molar-refractivity contribution in [3.63, 3.8) is 0 Å². The van der Waals surface area contributed by atoms with Crippen LogP contribution < -0.4 is 4.90 Å². The summed E-state index contributed by atoms with van der Waals surface area (Å²) in [6, 6.07) is 77.2. The van der Waals surface area contributed by atoms with Gasteiger partial charge in [-0.05, 0) is 119 Å². The second-order valence-corrected chi connectivity index (χ2v) is 13.8. The summed E-state index contributed by atoms with van der Waals surface area (Å²) in [4.78, 5) is 2.37. The van der Waals surface area contributed by atoms with E-state index in [0.29, 0.717) is 0 Å². The molecule has 248 valence electrons. The molecule has 0 atom stereocenters. The van der Waals surface area contributed by atoms with Crippen LogP contribution in [0.2, 0.25) is 0 Å². The first kappa shape index (κ1) is 30.8. The number of benzene rings is 10. The molecule has 0 amide bonds. The summed E-state index contributed by atoms with van der Waals surface area (Å²) < 4.78 is 0. The quantitative estimate of drug-likeness (QED) is 0.159. The molecule has 10 aromatic rings. The summed E-state index contributed by atoms with van der Waals surface area (Å²) in [6.45, 7) is 0. The van der Waals surface area contributed by atoms with Gasteiger partial charge in [0.15, 0.2) is 0 Å². The predicted octanol–water partition coefficient (Wildman–Crippen LogP) is 14.8. The Morgan fingerprint density at radius 1 is 0.226 bits per heavy atom. The minimum Gasteiger partial charge on any atom is -0.310 e. The van der Waals surface area contributed by atoms with Gasteiger partial charge in [0.2, 0.25) is 0 Å². The van der Waals surface area contributed by atoms with E-state index in [1.54, 1.807) is 0 Å².